The number of ether oxygens (including phenoxy) is 1. The SMILES string of the molecule is O=C(OCC12CC3CC(O)(CC(CO)(C3)C1)C2)C(F)(F)SOO[O-]. The topological polar surface area (TPSA) is 108 Å². The van der Waals surface area contributed by atoms with Gasteiger partial charge in [0.1, 0.15) is 12.0 Å². The molecule has 0 aliphatic heterocycles. The molecule has 10 heteroatoms. The van der Waals surface area contributed by atoms with Gasteiger partial charge < -0.3 is 20.2 Å². The van der Waals surface area contributed by atoms with Crippen LogP contribution in [0.2, 0.25) is 0 Å². The highest BCUT2D eigenvalue weighted by molar-refractivity contribution is 7.96. The third kappa shape index (κ3) is 3.27. The van der Waals surface area contributed by atoms with Gasteiger partial charge >= 0.3 is 11.2 Å². The minimum absolute atomic E-state index is 0.0812. The number of aliphatic hydroxyl groups excluding tert-OH is 1. The number of alkyl halides is 2. The van der Waals surface area contributed by atoms with E-state index >= 15 is 0 Å². The quantitative estimate of drug-likeness (QED) is 0.292. The first-order valence-corrected chi connectivity index (χ1v) is 8.42. The third-order valence-electron chi connectivity index (χ3n) is 5.52. The van der Waals surface area contributed by atoms with E-state index in [9.17, 15) is 29.0 Å². The van der Waals surface area contributed by atoms with Crippen LogP contribution in [-0.2, 0) is 18.9 Å². The number of hydrogen-bond acceptors (Lipinski definition) is 8. The summed E-state index contributed by atoms with van der Waals surface area (Å²) in [6, 6.07) is 0. The highest BCUT2D eigenvalue weighted by atomic mass is 32.2. The molecule has 0 spiro atoms. The number of carbonyl (C=O) groups excluding carboxylic acids is 1. The zero-order valence-electron chi connectivity index (χ0n) is 12.8. The van der Waals surface area contributed by atoms with Gasteiger partial charge in [-0.1, -0.05) is 0 Å². The number of aliphatic hydroxyl groups is 2. The summed E-state index contributed by atoms with van der Waals surface area (Å²) in [5.74, 6) is -1.64. The van der Waals surface area contributed by atoms with E-state index in [0.717, 1.165) is 6.42 Å². The van der Waals surface area contributed by atoms with Crippen molar-refractivity contribution in [2.75, 3.05) is 13.2 Å². The maximum atomic E-state index is 13.4. The van der Waals surface area contributed by atoms with E-state index in [1.54, 1.807) is 0 Å². The van der Waals surface area contributed by atoms with Gasteiger partial charge in [-0.15, -0.1) is 0 Å². The van der Waals surface area contributed by atoms with Crippen molar-refractivity contribution in [3.8, 4) is 0 Å². The van der Waals surface area contributed by atoms with Crippen LogP contribution in [0.5, 0.6) is 0 Å². The molecule has 0 heterocycles. The lowest BCUT2D eigenvalue weighted by molar-refractivity contribution is -0.777. The van der Waals surface area contributed by atoms with Gasteiger partial charge in [0.05, 0.1) is 12.2 Å². The fourth-order valence-electron chi connectivity index (χ4n) is 5.52. The number of hydrogen-bond donors (Lipinski definition) is 2. The maximum absolute atomic E-state index is 13.4. The van der Waals surface area contributed by atoms with Crippen molar-refractivity contribution in [1.29, 1.82) is 0 Å². The van der Waals surface area contributed by atoms with Gasteiger partial charge in [-0.3, -0.25) is 5.04 Å². The van der Waals surface area contributed by atoms with Crippen LogP contribution in [0, 0.1) is 16.7 Å². The van der Waals surface area contributed by atoms with Crippen LogP contribution in [0.15, 0.2) is 0 Å². The summed E-state index contributed by atoms with van der Waals surface area (Å²) in [5, 5.41) is 28.8. The molecule has 0 aromatic rings. The standard InChI is InChI=1S/C14H20F2O7S/c15-14(16,24-23-22-20)10(18)21-8-12-2-9-1-11(4-12,7-17)5-13(19,3-9)6-12/h9,17,19-20H,1-8H2/p-1. The highest BCUT2D eigenvalue weighted by Crippen LogP contribution is 2.66. The molecule has 0 aromatic heterocycles. The van der Waals surface area contributed by atoms with E-state index in [1.165, 1.54) is 0 Å². The Morgan fingerprint density at radius 3 is 2.54 bits per heavy atom. The summed E-state index contributed by atoms with van der Waals surface area (Å²) < 4.78 is 35.2. The normalized spacial score (nSPS) is 40.8. The molecular weight excluding hydrogens is 350 g/mol. The zero-order valence-corrected chi connectivity index (χ0v) is 13.7. The molecule has 138 valence electrons. The molecule has 7 nitrogen and oxygen atoms in total. The number of esters is 1. The van der Waals surface area contributed by atoms with Crippen molar-refractivity contribution in [3.05, 3.63) is 0 Å². The molecule has 4 bridgehead atoms. The maximum Gasteiger partial charge on any atom is 0.415 e. The average Bonchev–Trinajstić information content (AvgIpc) is 2.48. The van der Waals surface area contributed by atoms with E-state index in [0.29, 0.717) is 32.1 Å². The van der Waals surface area contributed by atoms with Gasteiger partial charge in [-0.2, -0.15) is 13.1 Å². The van der Waals surface area contributed by atoms with Gasteiger partial charge in [-0.25, -0.2) is 4.79 Å². The smallest absolute Gasteiger partial charge is 0.415 e. The fraction of sp³-hybridized carbons (Fsp3) is 0.929. The Hall–Kier alpha value is -0.520. The molecule has 4 rings (SSSR count). The van der Waals surface area contributed by atoms with Crippen molar-refractivity contribution >= 4 is 18.0 Å². The lowest BCUT2D eigenvalue weighted by Gasteiger charge is -2.64. The molecule has 0 amide bonds. The molecule has 2 N–H and O–H groups in total. The van der Waals surface area contributed by atoms with Crippen LogP contribution in [-0.4, -0.2) is 40.3 Å². The predicted molar refractivity (Wildman–Crippen MR) is 73.8 cm³/mol. The van der Waals surface area contributed by atoms with Gasteiger partial charge in [0, 0.05) is 12.0 Å². The zero-order chi connectivity index (χ0) is 17.6. The van der Waals surface area contributed by atoms with E-state index in [4.69, 9.17) is 4.74 Å². The van der Waals surface area contributed by atoms with Crippen molar-refractivity contribution in [2.45, 2.75) is 49.4 Å². The van der Waals surface area contributed by atoms with Gasteiger partial charge in [0.2, 0.25) is 0 Å². The summed E-state index contributed by atoms with van der Waals surface area (Å²) in [7, 11) is 0. The van der Waals surface area contributed by atoms with Crippen molar-refractivity contribution in [3.63, 3.8) is 0 Å². The minimum atomic E-state index is -4.07. The van der Waals surface area contributed by atoms with E-state index < -0.39 is 39.7 Å². The molecule has 4 atom stereocenters. The van der Waals surface area contributed by atoms with Crippen molar-refractivity contribution in [2.24, 2.45) is 16.7 Å². The first-order chi connectivity index (χ1) is 11.2. The van der Waals surface area contributed by atoms with Crippen LogP contribution in [0.3, 0.4) is 0 Å². The second-order valence-electron chi connectivity index (χ2n) is 7.70. The van der Waals surface area contributed by atoms with Crippen LogP contribution in [0.1, 0.15) is 38.5 Å². The Labute approximate surface area is 141 Å². The van der Waals surface area contributed by atoms with E-state index in [2.05, 4.69) is 9.37 Å². The lowest BCUT2D eigenvalue weighted by atomic mass is 9.43. The summed E-state index contributed by atoms with van der Waals surface area (Å²) in [4.78, 5) is 11.6. The predicted octanol–water partition coefficient (Wildman–Crippen LogP) is 0.688. The Balaban J connectivity index is 1.68. The Kier molecular flexibility index (Phi) is 4.59. The Morgan fingerprint density at radius 1 is 1.25 bits per heavy atom. The molecule has 4 fully saturated rings. The molecule has 24 heavy (non-hydrogen) atoms. The summed E-state index contributed by atoms with van der Waals surface area (Å²) in [5.41, 5.74) is -1.98. The monoisotopic (exact) mass is 369 g/mol. The molecule has 4 unspecified atom stereocenters. The van der Waals surface area contributed by atoms with Gasteiger partial charge in [0.15, 0.2) is 0 Å². The number of carbonyl (C=O) groups is 1. The van der Waals surface area contributed by atoms with Crippen molar-refractivity contribution < 1.29 is 43.2 Å². The molecule has 0 saturated heterocycles. The molecular formula is C14H19F2O7S-. The van der Waals surface area contributed by atoms with Crippen LogP contribution in [0.4, 0.5) is 8.78 Å². The Morgan fingerprint density at radius 2 is 1.92 bits per heavy atom. The molecule has 0 radical (unpaired) electrons. The van der Waals surface area contributed by atoms with Crippen molar-refractivity contribution in [1.82, 2.24) is 0 Å². The second-order valence-corrected chi connectivity index (χ2v) is 8.52. The van der Waals surface area contributed by atoms with E-state index in [1.807, 2.05) is 0 Å². The fourth-order valence-corrected chi connectivity index (χ4v) is 5.76. The first kappa shape index (κ1) is 18.3. The van der Waals surface area contributed by atoms with Gasteiger partial charge in [-0.05, 0) is 49.9 Å². The van der Waals surface area contributed by atoms with Crippen LogP contribution < -0.4 is 5.26 Å². The summed E-state index contributed by atoms with van der Waals surface area (Å²) in [6.45, 7) is -0.344. The average molecular weight is 369 g/mol. The van der Waals surface area contributed by atoms with E-state index in [-0.39, 0.29) is 19.1 Å². The lowest BCUT2D eigenvalue weighted by Crippen LogP contribution is -2.62. The minimum Gasteiger partial charge on any atom is -0.691 e. The van der Waals surface area contributed by atoms with Crippen LogP contribution >= 0.6 is 12.0 Å². The second kappa shape index (κ2) is 6.03. The molecule has 0 aromatic carbocycles. The largest absolute Gasteiger partial charge is 0.691 e. The molecule has 4 saturated carbocycles. The third-order valence-corrected chi connectivity index (χ3v) is 6.02. The highest BCUT2D eigenvalue weighted by Gasteiger charge is 2.63. The summed E-state index contributed by atoms with van der Waals surface area (Å²) >= 11 is -0.725. The number of rotatable bonds is 7. The first-order valence-electron chi connectivity index (χ1n) is 7.68. The number of halogens is 2. The van der Waals surface area contributed by atoms with Crippen LogP contribution in [0.25, 0.3) is 0 Å². The van der Waals surface area contributed by atoms with Gasteiger partial charge in [0.25, 0.3) is 0 Å². The Bertz CT molecular complexity index is 521. The molecule has 4 aliphatic carbocycles. The molecule has 4 aliphatic rings. The summed E-state index contributed by atoms with van der Waals surface area (Å²) in [6.07, 6.45) is 3.48.